The molecule has 1 N–H and O–H groups in total. The summed E-state index contributed by atoms with van der Waals surface area (Å²) in [5.41, 5.74) is -0.320. The predicted octanol–water partition coefficient (Wildman–Crippen LogP) is 3.05. The molecule has 0 aliphatic carbocycles. The van der Waals surface area contributed by atoms with Gasteiger partial charge in [-0.3, -0.25) is 38.5 Å². The van der Waals surface area contributed by atoms with Gasteiger partial charge < -0.3 is 4.74 Å². The maximum Gasteiger partial charge on any atom is 0.329 e. The van der Waals surface area contributed by atoms with Crippen molar-refractivity contribution in [1.82, 2.24) is 14.0 Å². The zero-order valence-corrected chi connectivity index (χ0v) is 24.4. The largest absolute Gasteiger partial charge is 0.361 e. The summed E-state index contributed by atoms with van der Waals surface area (Å²) >= 11 is 0. The van der Waals surface area contributed by atoms with Gasteiger partial charge in [-0.25, -0.2) is 13.2 Å². The molecule has 4 rings (SSSR count). The molecule has 40 heavy (non-hydrogen) atoms. The highest BCUT2D eigenvalue weighted by molar-refractivity contribution is 7.92. The first kappa shape index (κ1) is 29.2. The number of aryl methyl sites for hydroxylation is 1. The van der Waals surface area contributed by atoms with Crippen LogP contribution in [0.25, 0.3) is 11.0 Å². The molecule has 3 aromatic rings. The second kappa shape index (κ2) is 11.0. The first-order chi connectivity index (χ1) is 18.7. The molecule has 0 radical (unpaired) electrons. The number of imidazole rings is 1. The lowest BCUT2D eigenvalue weighted by Crippen LogP contribution is -2.48. The van der Waals surface area contributed by atoms with Crippen LogP contribution < -0.4 is 10.4 Å². The third-order valence-corrected chi connectivity index (χ3v) is 9.84. The molecule has 2 aromatic carbocycles. The Morgan fingerprint density at radius 2 is 1.80 bits per heavy atom. The molecule has 2 amide bonds. The number of fused-ring (bicyclic) bond motifs is 1. The molecule has 1 aliphatic heterocycles. The fourth-order valence-corrected chi connectivity index (χ4v) is 6.48. The summed E-state index contributed by atoms with van der Waals surface area (Å²) in [6.07, 6.45) is 0.193. The van der Waals surface area contributed by atoms with Crippen molar-refractivity contribution < 1.29 is 27.7 Å². The van der Waals surface area contributed by atoms with Crippen molar-refractivity contribution in [2.75, 3.05) is 18.1 Å². The molecule has 1 unspecified atom stereocenters. The molecule has 1 atom stereocenters. The lowest BCUT2D eigenvalue weighted by atomic mass is 10.0. The molecular formula is C25H31N5O8SSi. The molecule has 1 fully saturated rings. The fraction of sp³-hybridized carbons (Fsp3) is 0.400. The zero-order chi connectivity index (χ0) is 29.4. The standard InChI is InChI=1S/C25H31N5O8SSi/c1-27-21-15-17(26-39(36,37)22-8-6-5-7-19(22)30(34)35)9-10-18(21)29(25(27)33)20-11-12-23(31)28(24(20)32)16-38-13-14-40(2,3)4/h5-10,15,20,26H,11-14,16H2,1-4H3. The van der Waals surface area contributed by atoms with Crippen molar-refractivity contribution in [2.24, 2.45) is 7.05 Å². The molecule has 1 aliphatic rings. The number of aromatic nitrogens is 2. The van der Waals surface area contributed by atoms with Crippen molar-refractivity contribution in [3.63, 3.8) is 0 Å². The number of imide groups is 1. The third-order valence-electron chi connectivity index (χ3n) is 6.71. The van der Waals surface area contributed by atoms with E-state index in [9.17, 15) is 32.9 Å². The highest BCUT2D eigenvalue weighted by atomic mass is 32.2. The molecular weight excluding hydrogens is 558 g/mol. The summed E-state index contributed by atoms with van der Waals surface area (Å²) in [7, 11) is -4.21. The Labute approximate surface area is 231 Å². The van der Waals surface area contributed by atoms with Gasteiger partial charge in [0.1, 0.15) is 12.8 Å². The quantitative estimate of drug-likeness (QED) is 0.124. The molecule has 2 heterocycles. The van der Waals surface area contributed by atoms with Gasteiger partial charge in [-0.2, -0.15) is 0 Å². The lowest BCUT2D eigenvalue weighted by molar-refractivity contribution is -0.387. The number of amides is 2. The van der Waals surface area contributed by atoms with Crippen LogP contribution in [0, 0.1) is 10.1 Å². The number of ether oxygens (including phenoxy) is 1. The van der Waals surface area contributed by atoms with Gasteiger partial charge >= 0.3 is 5.69 Å². The molecule has 1 saturated heterocycles. The van der Waals surface area contributed by atoms with Gasteiger partial charge in [-0.05, 0) is 36.7 Å². The van der Waals surface area contributed by atoms with Gasteiger partial charge in [-0.1, -0.05) is 31.8 Å². The van der Waals surface area contributed by atoms with Crippen LogP contribution in [0.15, 0.2) is 52.2 Å². The van der Waals surface area contributed by atoms with Gasteiger partial charge in [0, 0.05) is 34.2 Å². The van der Waals surface area contributed by atoms with Crippen LogP contribution in [0.4, 0.5) is 11.4 Å². The zero-order valence-electron chi connectivity index (χ0n) is 22.6. The van der Waals surface area contributed by atoms with E-state index in [1.807, 2.05) is 0 Å². The van der Waals surface area contributed by atoms with E-state index in [0.29, 0.717) is 17.6 Å². The molecule has 1 aromatic heterocycles. The number of nitro benzene ring substituents is 1. The number of likely N-dealkylation sites (tertiary alicyclic amines) is 1. The van der Waals surface area contributed by atoms with E-state index in [1.165, 1.54) is 46.5 Å². The highest BCUT2D eigenvalue weighted by Crippen LogP contribution is 2.30. The normalized spacial score (nSPS) is 16.5. The van der Waals surface area contributed by atoms with E-state index >= 15 is 0 Å². The summed E-state index contributed by atoms with van der Waals surface area (Å²) in [6, 6.07) is 9.20. The summed E-state index contributed by atoms with van der Waals surface area (Å²) in [5.74, 6) is -0.908. The van der Waals surface area contributed by atoms with E-state index in [-0.39, 0.29) is 31.2 Å². The minimum atomic E-state index is -4.33. The number of nitrogens with zero attached hydrogens (tertiary/aromatic N) is 4. The summed E-state index contributed by atoms with van der Waals surface area (Å²) in [6.45, 7) is 6.82. The summed E-state index contributed by atoms with van der Waals surface area (Å²) in [5, 5.41) is 11.3. The highest BCUT2D eigenvalue weighted by Gasteiger charge is 2.37. The average molecular weight is 590 g/mol. The Bertz CT molecular complexity index is 1660. The molecule has 0 spiro atoms. The van der Waals surface area contributed by atoms with Crippen molar-refractivity contribution in [1.29, 1.82) is 0 Å². The van der Waals surface area contributed by atoms with E-state index in [0.717, 1.165) is 23.1 Å². The minimum absolute atomic E-state index is 0.0599. The number of carbonyl (C=O) groups is 2. The predicted molar refractivity (Wildman–Crippen MR) is 150 cm³/mol. The number of anilines is 1. The van der Waals surface area contributed by atoms with Gasteiger partial charge in [0.05, 0.1) is 21.6 Å². The Hall–Kier alpha value is -3.82. The summed E-state index contributed by atoms with van der Waals surface area (Å²) in [4.78, 5) is 50.2. The molecule has 0 bridgehead atoms. The van der Waals surface area contributed by atoms with Crippen LogP contribution in [0.1, 0.15) is 18.9 Å². The minimum Gasteiger partial charge on any atom is -0.361 e. The maximum absolute atomic E-state index is 13.3. The van der Waals surface area contributed by atoms with Crippen molar-refractivity contribution in [3.8, 4) is 0 Å². The van der Waals surface area contributed by atoms with E-state index < -0.39 is 51.2 Å². The Morgan fingerprint density at radius 3 is 2.48 bits per heavy atom. The maximum atomic E-state index is 13.3. The number of piperidine rings is 1. The SMILES string of the molecule is Cn1c(=O)n(C2CCC(=O)N(COCC[Si](C)(C)C)C2=O)c2ccc(NS(=O)(=O)c3ccccc3[N+](=O)[O-])cc21. The van der Waals surface area contributed by atoms with Crippen molar-refractivity contribution in [2.45, 2.75) is 49.5 Å². The molecule has 15 heteroatoms. The van der Waals surface area contributed by atoms with Crippen LogP contribution >= 0.6 is 0 Å². The number of para-hydroxylation sites is 1. The average Bonchev–Trinajstić information content (AvgIpc) is 3.12. The van der Waals surface area contributed by atoms with Gasteiger partial charge in [-0.15, -0.1) is 0 Å². The second-order valence-electron chi connectivity index (χ2n) is 10.8. The number of hydrogen-bond acceptors (Lipinski definition) is 8. The van der Waals surface area contributed by atoms with Crippen molar-refractivity contribution in [3.05, 3.63) is 63.1 Å². The number of benzene rings is 2. The number of hydrogen-bond donors (Lipinski definition) is 1. The van der Waals surface area contributed by atoms with E-state index in [1.54, 1.807) is 0 Å². The Kier molecular flexibility index (Phi) is 8.01. The van der Waals surface area contributed by atoms with Gasteiger partial charge in [0.25, 0.3) is 21.6 Å². The Morgan fingerprint density at radius 1 is 1.10 bits per heavy atom. The van der Waals surface area contributed by atoms with E-state index in [2.05, 4.69) is 24.4 Å². The summed E-state index contributed by atoms with van der Waals surface area (Å²) < 4.78 is 36.5. The number of rotatable bonds is 10. The van der Waals surface area contributed by atoms with Crippen LogP contribution in [0.5, 0.6) is 0 Å². The molecule has 13 nitrogen and oxygen atoms in total. The monoisotopic (exact) mass is 589 g/mol. The number of nitrogens with one attached hydrogen (secondary N) is 1. The number of nitro groups is 1. The Balaban J connectivity index is 1.62. The first-order valence-electron chi connectivity index (χ1n) is 12.6. The van der Waals surface area contributed by atoms with E-state index in [4.69, 9.17) is 4.74 Å². The van der Waals surface area contributed by atoms with Crippen LogP contribution in [0.2, 0.25) is 25.7 Å². The van der Waals surface area contributed by atoms with Crippen LogP contribution in [-0.4, -0.2) is 60.6 Å². The fourth-order valence-electron chi connectivity index (χ4n) is 4.50. The number of sulfonamides is 1. The third kappa shape index (κ3) is 5.85. The van der Waals surface area contributed by atoms with Crippen molar-refractivity contribution >= 4 is 52.3 Å². The lowest BCUT2D eigenvalue weighted by Gasteiger charge is -2.31. The molecule has 214 valence electrons. The first-order valence-corrected chi connectivity index (χ1v) is 17.8. The smallest absolute Gasteiger partial charge is 0.329 e. The van der Waals surface area contributed by atoms with Gasteiger partial charge in [0.15, 0.2) is 4.90 Å². The van der Waals surface area contributed by atoms with Crippen LogP contribution in [-0.2, 0) is 31.4 Å². The number of carbonyl (C=O) groups excluding carboxylic acids is 2. The molecule has 0 saturated carbocycles. The van der Waals surface area contributed by atoms with Gasteiger partial charge in [0.2, 0.25) is 5.91 Å². The second-order valence-corrected chi connectivity index (χ2v) is 18.1. The topological polar surface area (TPSA) is 163 Å². The van der Waals surface area contributed by atoms with Crippen LogP contribution in [0.3, 0.4) is 0 Å².